The number of fused-ring (bicyclic) bond motifs is 1. The van der Waals surface area contributed by atoms with Crippen molar-refractivity contribution in [2.45, 2.75) is 4.90 Å². The third kappa shape index (κ3) is 6.88. The van der Waals surface area contributed by atoms with Crippen molar-refractivity contribution in [1.29, 1.82) is 0 Å². The van der Waals surface area contributed by atoms with Gasteiger partial charge in [-0.2, -0.15) is 0 Å². The standard InChI is InChI=1S/C31H25N3O5S/c1-22(12-13-23-14-15-27(31(35)36)33-21-23)20-25(24-8-4-3-5-9-24)10-6-19-34-40(37,38)29-17-16-28(39-2)26-11-7-18-32-30(26)29/h3-11,14-18,20-21,34H,1,19H2,2H3,(H,35,36)/b10-6-,25-20+. The van der Waals surface area contributed by atoms with Crippen LogP contribution in [0.1, 0.15) is 21.6 Å². The zero-order chi connectivity index (χ0) is 28.5. The van der Waals surface area contributed by atoms with E-state index in [1.165, 1.54) is 31.6 Å². The van der Waals surface area contributed by atoms with E-state index >= 15 is 0 Å². The van der Waals surface area contributed by atoms with Crippen molar-refractivity contribution in [3.05, 3.63) is 126 Å². The van der Waals surface area contributed by atoms with Gasteiger partial charge in [-0.05, 0) is 53.6 Å². The van der Waals surface area contributed by atoms with Gasteiger partial charge in [0, 0.05) is 35.5 Å². The van der Waals surface area contributed by atoms with E-state index in [4.69, 9.17) is 9.84 Å². The molecule has 0 aliphatic heterocycles. The lowest BCUT2D eigenvalue weighted by Gasteiger charge is -2.10. The second-order valence-corrected chi connectivity index (χ2v) is 10.1. The largest absolute Gasteiger partial charge is 0.496 e. The van der Waals surface area contributed by atoms with Crippen molar-refractivity contribution >= 4 is 32.5 Å². The van der Waals surface area contributed by atoms with Crippen molar-refractivity contribution in [2.24, 2.45) is 0 Å². The van der Waals surface area contributed by atoms with Crippen molar-refractivity contribution in [1.82, 2.24) is 14.7 Å². The normalized spacial score (nSPS) is 11.7. The van der Waals surface area contributed by atoms with Crippen LogP contribution in [0.5, 0.6) is 5.75 Å². The number of sulfonamides is 1. The van der Waals surface area contributed by atoms with Gasteiger partial charge in [0.05, 0.1) is 12.6 Å². The maximum Gasteiger partial charge on any atom is 0.354 e. The monoisotopic (exact) mass is 551 g/mol. The van der Waals surface area contributed by atoms with E-state index in [2.05, 4.69) is 33.1 Å². The minimum absolute atomic E-state index is 0.0343. The molecular formula is C31H25N3O5S. The Morgan fingerprint density at radius 3 is 2.58 bits per heavy atom. The van der Waals surface area contributed by atoms with Crippen LogP contribution in [-0.4, -0.2) is 43.1 Å². The molecule has 2 N–H and O–H groups in total. The molecule has 2 heterocycles. The fourth-order valence-corrected chi connectivity index (χ4v) is 4.90. The highest BCUT2D eigenvalue weighted by atomic mass is 32.2. The average Bonchev–Trinajstić information content (AvgIpc) is 2.97. The molecule has 0 bridgehead atoms. The van der Waals surface area contributed by atoms with Gasteiger partial charge < -0.3 is 9.84 Å². The highest BCUT2D eigenvalue weighted by Gasteiger charge is 2.19. The molecule has 8 nitrogen and oxygen atoms in total. The first-order chi connectivity index (χ1) is 19.3. The molecule has 40 heavy (non-hydrogen) atoms. The molecule has 200 valence electrons. The highest BCUT2D eigenvalue weighted by molar-refractivity contribution is 7.89. The first-order valence-electron chi connectivity index (χ1n) is 12.0. The number of pyridine rings is 2. The number of hydrogen-bond donors (Lipinski definition) is 2. The minimum Gasteiger partial charge on any atom is -0.496 e. The summed E-state index contributed by atoms with van der Waals surface area (Å²) in [7, 11) is -2.35. The van der Waals surface area contributed by atoms with Crippen molar-refractivity contribution in [3.8, 4) is 17.6 Å². The molecule has 0 saturated carbocycles. The second-order valence-electron chi connectivity index (χ2n) is 8.40. The summed E-state index contributed by atoms with van der Waals surface area (Å²) in [6.07, 6.45) is 8.20. The van der Waals surface area contributed by atoms with Gasteiger partial charge >= 0.3 is 5.97 Å². The predicted octanol–water partition coefficient (Wildman–Crippen LogP) is 4.86. The van der Waals surface area contributed by atoms with Crippen LogP contribution in [0.15, 0.2) is 114 Å². The summed E-state index contributed by atoms with van der Waals surface area (Å²) < 4.78 is 34.2. The third-order valence-corrected chi connectivity index (χ3v) is 7.13. The van der Waals surface area contributed by atoms with Crippen LogP contribution in [0.4, 0.5) is 0 Å². The van der Waals surface area contributed by atoms with Gasteiger partial charge in [0.2, 0.25) is 10.0 Å². The summed E-state index contributed by atoms with van der Waals surface area (Å²) in [6.45, 7) is 4.04. The zero-order valence-electron chi connectivity index (χ0n) is 21.5. The summed E-state index contributed by atoms with van der Waals surface area (Å²) in [4.78, 5) is 19.1. The number of ether oxygens (including phenoxy) is 1. The average molecular weight is 552 g/mol. The first kappa shape index (κ1) is 28.0. The van der Waals surface area contributed by atoms with Crippen LogP contribution in [-0.2, 0) is 10.0 Å². The lowest BCUT2D eigenvalue weighted by Crippen LogP contribution is -2.24. The Morgan fingerprint density at radius 2 is 1.88 bits per heavy atom. The van der Waals surface area contributed by atoms with Crippen LogP contribution in [0.25, 0.3) is 16.5 Å². The number of aromatic carboxylic acids is 1. The molecule has 0 aliphatic rings. The molecule has 2 aromatic heterocycles. The van der Waals surface area contributed by atoms with E-state index in [0.717, 1.165) is 11.1 Å². The molecule has 0 atom stereocenters. The summed E-state index contributed by atoms with van der Waals surface area (Å²) in [6, 6.07) is 19.0. The minimum atomic E-state index is -3.87. The van der Waals surface area contributed by atoms with Crippen molar-refractivity contribution in [3.63, 3.8) is 0 Å². The van der Waals surface area contributed by atoms with Gasteiger partial charge in [-0.1, -0.05) is 60.9 Å². The number of nitrogens with zero attached hydrogens (tertiary/aromatic N) is 2. The van der Waals surface area contributed by atoms with Gasteiger partial charge in [-0.25, -0.2) is 22.9 Å². The molecule has 4 rings (SSSR count). The molecule has 0 unspecified atom stereocenters. The number of carboxylic acid groups (broad SMARTS) is 1. The van der Waals surface area contributed by atoms with E-state index in [9.17, 15) is 13.2 Å². The fraction of sp³-hybridized carbons (Fsp3) is 0.0645. The second kappa shape index (κ2) is 12.7. The number of benzene rings is 2. The van der Waals surface area contributed by atoms with Gasteiger partial charge in [0.15, 0.2) is 0 Å². The Balaban J connectivity index is 1.52. The molecule has 2 aromatic carbocycles. The van der Waals surface area contributed by atoms with E-state index < -0.39 is 16.0 Å². The fourth-order valence-electron chi connectivity index (χ4n) is 3.77. The number of rotatable bonds is 9. The molecule has 0 spiro atoms. The molecule has 0 fully saturated rings. The Labute approximate surface area is 232 Å². The van der Waals surface area contributed by atoms with Crippen molar-refractivity contribution < 1.29 is 23.1 Å². The van der Waals surface area contributed by atoms with E-state index in [1.54, 1.807) is 42.5 Å². The van der Waals surface area contributed by atoms with Gasteiger partial charge in [0.25, 0.3) is 0 Å². The summed E-state index contributed by atoms with van der Waals surface area (Å²) >= 11 is 0. The molecule has 0 radical (unpaired) electrons. The predicted molar refractivity (Wildman–Crippen MR) is 154 cm³/mol. The number of carboxylic acids is 1. The third-order valence-electron chi connectivity index (χ3n) is 5.68. The number of hydrogen-bond acceptors (Lipinski definition) is 6. The maximum atomic E-state index is 13.1. The summed E-state index contributed by atoms with van der Waals surface area (Å²) in [5, 5.41) is 9.58. The van der Waals surface area contributed by atoms with Crippen molar-refractivity contribution in [2.75, 3.05) is 13.7 Å². The number of carbonyl (C=O) groups is 1. The lowest BCUT2D eigenvalue weighted by atomic mass is 10.0. The van der Waals surface area contributed by atoms with Gasteiger partial charge in [-0.15, -0.1) is 0 Å². The Hall–Kier alpha value is -5.04. The number of nitrogens with one attached hydrogen (secondary N) is 1. The molecule has 0 amide bonds. The Kier molecular flexibility index (Phi) is 8.86. The Morgan fingerprint density at radius 1 is 1.07 bits per heavy atom. The quantitative estimate of drug-likeness (QED) is 0.225. The highest BCUT2D eigenvalue weighted by Crippen LogP contribution is 2.29. The zero-order valence-corrected chi connectivity index (χ0v) is 22.4. The molecule has 0 aliphatic carbocycles. The first-order valence-corrected chi connectivity index (χ1v) is 13.5. The topological polar surface area (TPSA) is 118 Å². The molecular weight excluding hydrogens is 526 g/mol. The number of allylic oxidation sites excluding steroid dienone is 4. The number of methoxy groups -OCH3 is 1. The van der Waals surface area contributed by atoms with Crippen LogP contribution in [0, 0.1) is 11.8 Å². The molecule has 9 heteroatoms. The SMILES string of the molecule is C=C(C#Cc1ccc(C(=O)O)nc1)/C=C(\C=C/CNS(=O)(=O)c1ccc(OC)c2cccnc12)c1ccccc1. The van der Waals surface area contributed by atoms with Crippen LogP contribution >= 0.6 is 0 Å². The van der Waals surface area contributed by atoms with E-state index in [1.807, 2.05) is 30.3 Å². The number of aromatic nitrogens is 2. The Bertz CT molecular complexity index is 1780. The summed E-state index contributed by atoms with van der Waals surface area (Å²) in [5.41, 5.74) is 2.98. The molecule has 0 saturated heterocycles. The molecule has 4 aromatic rings. The van der Waals surface area contributed by atoms with Crippen LogP contribution in [0.2, 0.25) is 0 Å². The lowest BCUT2D eigenvalue weighted by molar-refractivity contribution is 0.0690. The summed E-state index contributed by atoms with van der Waals surface area (Å²) in [5.74, 6) is 5.28. The van der Waals surface area contributed by atoms with E-state index in [0.29, 0.717) is 27.8 Å². The van der Waals surface area contributed by atoms with Gasteiger partial charge in [0.1, 0.15) is 16.3 Å². The van der Waals surface area contributed by atoms with Gasteiger partial charge in [-0.3, -0.25) is 4.98 Å². The van der Waals surface area contributed by atoms with Crippen LogP contribution < -0.4 is 9.46 Å². The maximum absolute atomic E-state index is 13.1. The van der Waals surface area contributed by atoms with E-state index in [-0.39, 0.29) is 17.1 Å². The van der Waals surface area contributed by atoms with Crippen LogP contribution in [0.3, 0.4) is 0 Å². The smallest absolute Gasteiger partial charge is 0.354 e.